The number of hydrogen-bond donors (Lipinski definition) is 2. The van der Waals surface area contributed by atoms with Crippen LogP contribution in [0.4, 0.5) is 10.5 Å². The number of anilines is 1. The molecule has 2 rings (SSSR count). The maximum atomic E-state index is 12.4. The van der Waals surface area contributed by atoms with Gasteiger partial charge in [0.25, 0.3) is 0 Å². The summed E-state index contributed by atoms with van der Waals surface area (Å²) in [5.41, 5.74) is 0.695. The molecule has 9 nitrogen and oxygen atoms in total. The van der Waals surface area contributed by atoms with Gasteiger partial charge in [-0.15, -0.1) is 0 Å². The number of urea groups is 1. The lowest BCUT2D eigenvalue weighted by atomic mass is 10.2. The van der Waals surface area contributed by atoms with Crippen LogP contribution >= 0.6 is 0 Å². The van der Waals surface area contributed by atoms with Gasteiger partial charge in [0.15, 0.2) is 17.8 Å². The lowest BCUT2D eigenvalue weighted by molar-refractivity contribution is -0.131. The van der Waals surface area contributed by atoms with Gasteiger partial charge in [0.05, 0.1) is 26.8 Å². The summed E-state index contributed by atoms with van der Waals surface area (Å²) >= 11 is 0. The molecule has 0 radical (unpaired) electrons. The summed E-state index contributed by atoms with van der Waals surface area (Å²) in [5, 5.41) is 5.54. The molecule has 0 aliphatic carbocycles. The molecule has 28 heavy (non-hydrogen) atoms. The molecule has 0 spiro atoms. The minimum atomic E-state index is -0.491. The molecule has 1 aliphatic rings. The fraction of sp³-hybridized carbons (Fsp3) is 0.579. The van der Waals surface area contributed by atoms with Gasteiger partial charge >= 0.3 is 6.03 Å². The van der Waals surface area contributed by atoms with Gasteiger partial charge in [0, 0.05) is 37.9 Å². The van der Waals surface area contributed by atoms with E-state index in [4.69, 9.17) is 18.9 Å². The van der Waals surface area contributed by atoms with E-state index in [2.05, 4.69) is 10.6 Å². The number of methoxy groups -OCH3 is 2. The van der Waals surface area contributed by atoms with Crippen molar-refractivity contribution in [1.82, 2.24) is 10.6 Å². The fourth-order valence-corrected chi connectivity index (χ4v) is 3.00. The molecule has 1 heterocycles. The summed E-state index contributed by atoms with van der Waals surface area (Å²) in [7, 11) is 3.10. The first kappa shape index (κ1) is 21.8. The van der Waals surface area contributed by atoms with Crippen molar-refractivity contribution in [3.63, 3.8) is 0 Å². The third kappa shape index (κ3) is 5.74. The number of carbonyl (C=O) groups is 2. The predicted molar refractivity (Wildman–Crippen MR) is 104 cm³/mol. The Morgan fingerprint density at radius 3 is 2.46 bits per heavy atom. The molecule has 1 atom stereocenters. The lowest BCUT2D eigenvalue weighted by Gasteiger charge is -2.20. The predicted octanol–water partition coefficient (Wildman–Crippen LogP) is 1.51. The number of nitrogens with one attached hydrogen (secondary N) is 2. The monoisotopic (exact) mass is 395 g/mol. The molecule has 0 aromatic heterocycles. The standard InChI is InChI=1S/C19H29N3O6/c1-5-27-18(28-6-2)11-20-19(24)21-13-9-17(23)22(12-13)14-7-8-15(25-3)16(10-14)26-4/h7-8,10,13,18H,5-6,9,11-12H2,1-4H3,(H2,20,21,24)/t13-/m1/s1. The molecule has 0 saturated carbocycles. The van der Waals surface area contributed by atoms with E-state index >= 15 is 0 Å². The van der Waals surface area contributed by atoms with E-state index in [1.54, 1.807) is 37.3 Å². The molecule has 1 fully saturated rings. The summed E-state index contributed by atoms with van der Waals surface area (Å²) in [6, 6.07) is 4.62. The third-order valence-electron chi connectivity index (χ3n) is 4.27. The zero-order chi connectivity index (χ0) is 20.5. The molecule has 0 bridgehead atoms. The van der Waals surface area contributed by atoms with E-state index in [-0.39, 0.29) is 30.9 Å². The van der Waals surface area contributed by atoms with Crippen LogP contribution in [-0.4, -0.2) is 64.8 Å². The molecule has 0 unspecified atom stereocenters. The van der Waals surface area contributed by atoms with E-state index in [0.717, 1.165) is 0 Å². The van der Waals surface area contributed by atoms with Crippen molar-refractivity contribution in [3.05, 3.63) is 18.2 Å². The maximum Gasteiger partial charge on any atom is 0.315 e. The number of hydrogen-bond acceptors (Lipinski definition) is 6. The van der Waals surface area contributed by atoms with Crippen LogP contribution in [0.25, 0.3) is 0 Å². The van der Waals surface area contributed by atoms with Crippen LogP contribution in [0.15, 0.2) is 18.2 Å². The molecule has 1 aromatic rings. The van der Waals surface area contributed by atoms with Crippen LogP contribution in [0.5, 0.6) is 11.5 Å². The van der Waals surface area contributed by atoms with Crippen molar-refractivity contribution in [2.75, 3.05) is 45.4 Å². The van der Waals surface area contributed by atoms with Crippen LogP contribution in [0.2, 0.25) is 0 Å². The number of ether oxygens (including phenoxy) is 4. The van der Waals surface area contributed by atoms with Gasteiger partial charge in [-0.3, -0.25) is 4.79 Å². The molecular weight excluding hydrogens is 366 g/mol. The SMILES string of the molecule is CCOC(CNC(=O)N[C@@H]1CC(=O)N(c2ccc(OC)c(OC)c2)C1)OCC. The zero-order valence-corrected chi connectivity index (χ0v) is 16.8. The number of amides is 3. The Bertz CT molecular complexity index is 663. The molecule has 3 amide bonds. The Labute approximate surface area is 165 Å². The van der Waals surface area contributed by atoms with Crippen molar-refractivity contribution in [2.24, 2.45) is 0 Å². The van der Waals surface area contributed by atoms with Crippen molar-refractivity contribution >= 4 is 17.6 Å². The summed E-state index contributed by atoms with van der Waals surface area (Å²) < 4.78 is 21.3. The Morgan fingerprint density at radius 1 is 1.18 bits per heavy atom. The molecule has 9 heteroatoms. The second-order valence-electron chi connectivity index (χ2n) is 6.14. The number of carbonyl (C=O) groups excluding carboxylic acids is 2. The number of nitrogens with zero attached hydrogens (tertiary/aromatic N) is 1. The molecule has 1 saturated heterocycles. The Morgan fingerprint density at radius 2 is 1.86 bits per heavy atom. The van der Waals surface area contributed by atoms with Gasteiger partial charge < -0.3 is 34.5 Å². The second kappa shape index (κ2) is 10.7. The molecule has 2 N–H and O–H groups in total. The first-order valence-electron chi connectivity index (χ1n) is 9.32. The molecular formula is C19H29N3O6. The highest BCUT2D eigenvalue weighted by atomic mass is 16.7. The largest absolute Gasteiger partial charge is 0.493 e. The van der Waals surface area contributed by atoms with Gasteiger partial charge in [-0.05, 0) is 26.0 Å². The van der Waals surface area contributed by atoms with E-state index in [1.807, 2.05) is 13.8 Å². The number of benzene rings is 1. The fourth-order valence-electron chi connectivity index (χ4n) is 3.00. The van der Waals surface area contributed by atoms with Gasteiger partial charge in [-0.1, -0.05) is 0 Å². The normalized spacial score (nSPS) is 16.4. The highest BCUT2D eigenvalue weighted by molar-refractivity contribution is 5.97. The van der Waals surface area contributed by atoms with Crippen molar-refractivity contribution < 1.29 is 28.5 Å². The first-order valence-corrected chi connectivity index (χ1v) is 9.32. The minimum absolute atomic E-state index is 0.0703. The smallest absolute Gasteiger partial charge is 0.315 e. The van der Waals surface area contributed by atoms with Gasteiger partial charge in [0.2, 0.25) is 5.91 Å². The summed E-state index contributed by atoms with van der Waals surface area (Å²) in [4.78, 5) is 26.2. The highest BCUT2D eigenvalue weighted by Gasteiger charge is 2.32. The number of rotatable bonds is 10. The average molecular weight is 395 g/mol. The third-order valence-corrected chi connectivity index (χ3v) is 4.27. The lowest BCUT2D eigenvalue weighted by Crippen LogP contribution is -2.46. The zero-order valence-electron chi connectivity index (χ0n) is 16.8. The van der Waals surface area contributed by atoms with Crippen molar-refractivity contribution in [3.8, 4) is 11.5 Å². The average Bonchev–Trinajstić information content (AvgIpc) is 3.05. The van der Waals surface area contributed by atoms with E-state index in [1.165, 1.54) is 0 Å². The van der Waals surface area contributed by atoms with Gasteiger partial charge in [-0.2, -0.15) is 0 Å². The van der Waals surface area contributed by atoms with Crippen LogP contribution in [0.1, 0.15) is 20.3 Å². The van der Waals surface area contributed by atoms with Crippen LogP contribution < -0.4 is 25.0 Å². The first-order chi connectivity index (χ1) is 13.5. The maximum absolute atomic E-state index is 12.4. The Balaban J connectivity index is 1.91. The second-order valence-corrected chi connectivity index (χ2v) is 6.14. The van der Waals surface area contributed by atoms with Gasteiger partial charge in [-0.25, -0.2) is 4.79 Å². The van der Waals surface area contributed by atoms with Crippen molar-refractivity contribution in [1.29, 1.82) is 0 Å². The minimum Gasteiger partial charge on any atom is -0.493 e. The summed E-state index contributed by atoms with van der Waals surface area (Å²) in [5.74, 6) is 1.06. The highest BCUT2D eigenvalue weighted by Crippen LogP contribution is 2.33. The van der Waals surface area contributed by atoms with Crippen LogP contribution in [-0.2, 0) is 14.3 Å². The van der Waals surface area contributed by atoms with Gasteiger partial charge in [0.1, 0.15) is 0 Å². The van der Waals surface area contributed by atoms with E-state index in [0.29, 0.717) is 36.9 Å². The van der Waals surface area contributed by atoms with Crippen LogP contribution in [0, 0.1) is 0 Å². The topological polar surface area (TPSA) is 98.4 Å². The van der Waals surface area contributed by atoms with E-state index < -0.39 is 6.29 Å². The Kier molecular flexibility index (Phi) is 8.34. The molecule has 156 valence electrons. The van der Waals surface area contributed by atoms with E-state index in [9.17, 15) is 9.59 Å². The quantitative estimate of drug-likeness (QED) is 0.583. The molecule has 1 aromatic carbocycles. The molecule has 1 aliphatic heterocycles. The Hall–Kier alpha value is -2.52. The van der Waals surface area contributed by atoms with Crippen molar-refractivity contribution in [2.45, 2.75) is 32.6 Å². The van der Waals surface area contributed by atoms with Crippen LogP contribution in [0.3, 0.4) is 0 Å². The summed E-state index contributed by atoms with van der Waals surface area (Å²) in [6.45, 7) is 5.31. The summed E-state index contributed by atoms with van der Waals surface area (Å²) in [6.07, 6.45) is -0.267.